The molecule has 5 rings (SSSR count). The van der Waals surface area contributed by atoms with Crippen LogP contribution in [0.25, 0.3) is 11.0 Å². The molecule has 4 aromatic rings. The van der Waals surface area contributed by atoms with Crippen LogP contribution in [-0.4, -0.2) is 19.6 Å². The summed E-state index contributed by atoms with van der Waals surface area (Å²) in [4.78, 5) is 28.8. The standard InChI is InChI=1S/C26H20BrNO5/c1-3-32-20-12-11-15(13-21(20)31-2)23-22-24(29)18-9-4-5-10-19(18)33-25(22)26(30)28(23)17-8-6-7-16(27)14-17/h4-14,23H,3H2,1-2H3. The molecule has 0 bridgehead atoms. The van der Waals surface area contributed by atoms with E-state index in [1.54, 1.807) is 48.4 Å². The Morgan fingerprint density at radius 3 is 2.58 bits per heavy atom. The maximum Gasteiger partial charge on any atom is 0.295 e. The Morgan fingerprint density at radius 2 is 1.82 bits per heavy atom. The molecule has 0 saturated heterocycles. The van der Waals surface area contributed by atoms with Crippen LogP contribution in [0.4, 0.5) is 5.69 Å². The summed E-state index contributed by atoms with van der Waals surface area (Å²) >= 11 is 3.48. The molecule has 1 aromatic heterocycles. The largest absolute Gasteiger partial charge is 0.493 e. The smallest absolute Gasteiger partial charge is 0.295 e. The Hall–Kier alpha value is -3.58. The van der Waals surface area contributed by atoms with Crippen molar-refractivity contribution in [1.29, 1.82) is 0 Å². The zero-order valence-electron chi connectivity index (χ0n) is 18.0. The molecule has 1 amide bonds. The molecular formula is C26H20BrNO5. The molecule has 0 spiro atoms. The highest BCUT2D eigenvalue weighted by atomic mass is 79.9. The van der Waals surface area contributed by atoms with Crippen LogP contribution in [0.15, 0.2) is 80.4 Å². The number of rotatable bonds is 5. The van der Waals surface area contributed by atoms with E-state index in [2.05, 4.69) is 15.9 Å². The van der Waals surface area contributed by atoms with Gasteiger partial charge in [0.15, 0.2) is 16.9 Å². The van der Waals surface area contributed by atoms with Crippen molar-refractivity contribution in [3.63, 3.8) is 0 Å². The number of para-hydroxylation sites is 1. The molecule has 1 atom stereocenters. The van der Waals surface area contributed by atoms with Gasteiger partial charge in [-0.15, -0.1) is 0 Å². The lowest BCUT2D eigenvalue weighted by Crippen LogP contribution is -2.29. The fourth-order valence-corrected chi connectivity index (χ4v) is 4.64. The number of fused-ring (bicyclic) bond motifs is 2. The van der Waals surface area contributed by atoms with Gasteiger partial charge in [-0.1, -0.05) is 40.2 Å². The number of hydrogen-bond acceptors (Lipinski definition) is 5. The number of amides is 1. The summed E-state index contributed by atoms with van der Waals surface area (Å²) in [5.74, 6) is 0.794. The Balaban J connectivity index is 1.79. The van der Waals surface area contributed by atoms with E-state index in [9.17, 15) is 9.59 Å². The van der Waals surface area contributed by atoms with Crippen molar-refractivity contribution >= 4 is 38.5 Å². The van der Waals surface area contributed by atoms with Crippen LogP contribution in [0.2, 0.25) is 0 Å². The van der Waals surface area contributed by atoms with Crippen LogP contribution >= 0.6 is 15.9 Å². The number of carbonyl (C=O) groups is 1. The van der Waals surface area contributed by atoms with Gasteiger partial charge in [-0.25, -0.2) is 0 Å². The van der Waals surface area contributed by atoms with Crippen LogP contribution in [0.1, 0.15) is 34.6 Å². The summed E-state index contributed by atoms with van der Waals surface area (Å²) < 4.78 is 18.0. The van der Waals surface area contributed by atoms with Crippen LogP contribution in [-0.2, 0) is 0 Å². The normalized spacial score (nSPS) is 15.1. The second kappa shape index (κ2) is 8.41. The molecule has 3 aromatic carbocycles. The summed E-state index contributed by atoms with van der Waals surface area (Å²) in [6, 6.07) is 19.1. The molecule has 6 nitrogen and oxygen atoms in total. The minimum atomic E-state index is -0.688. The van der Waals surface area contributed by atoms with E-state index < -0.39 is 6.04 Å². The average molecular weight is 506 g/mol. The molecule has 1 unspecified atom stereocenters. The van der Waals surface area contributed by atoms with Gasteiger partial charge >= 0.3 is 0 Å². The third-order valence-corrected chi connectivity index (χ3v) is 6.16. The van der Waals surface area contributed by atoms with Crippen LogP contribution < -0.4 is 19.8 Å². The van der Waals surface area contributed by atoms with E-state index in [0.29, 0.717) is 45.9 Å². The van der Waals surface area contributed by atoms with Gasteiger partial charge in [-0.05, 0) is 55.0 Å². The lowest BCUT2D eigenvalue weighted by atomic mass is 9.97. The first-order chi connectivity index (χ1) is 16.0. The van der Waals surface area contributed by atoms with Crippen LogP contribution in [0.3, 0.4) is 0 Å². The molecule has 0 fully saturated rings. The first kappa shape index (κ1) is 21.3. The summed E-state index contributed by atoms with van der Waals surface area (Å²) in [6.45, 7) is 2.38. The molecule has 7 heteroatoms. The van der Waals surface area contributed by atoms with Gasteiger partial charge in [0.1, 0.15) is 5.58 Å². The number of anilines is 1. The van der Waals surface area contributed by atoms with Crippen LogP contribution in [0.5, 0.6) is 11.5 Å². The van der Waals surface area contributed by atoms with Gasteiger partial charge in [-0.2, -0.15) is 0 Å². The average Bonchev–Trinajstić information content (AvgIpc) is 3.12. The van der Waals surface area contributed by atoms with Gasteiger partial charge in [0.2, 0.25) is 5.76 Å². The minimum Gasteiger partial charge on any atom is -0.493 e. The van der Waals surface area contributed by atoms with Gasteiger partial charge in [0, 0.05) is 10.2 Å². The second-order valence-electron chi connectivity index (χ2n) is 7.57. The molecule has 2 heterocycles. The predicted octanol–water partition coefficient (Wildman–Crippen LogP) is 5.71. The topological polar surface area (TPSA) is 69.0 Å². The number of hydrogen-bond donors (Lipinski definition) is 0. The third-order valence-electron chi connectivity index (χ3n) is 5.67. The maximum absolute atomic E-state index is 13.6. The Morgan fingerprint density at radius 1 is 1.00 bits per heavy atom. The first-order valence-electron chi connectivity index (χ1n) is 10.5. The quantitative estimate of drug-likeness (QED) is 0.347. The molecule has 1 aliphatic rings. The molecular weight excluding hydrogens is 486 g/mol. The molecule has 0 saturated carbocycles. The van der Waals surface area contributed by atoms with Gasteiger partial charge in [0.05, 0.1) is 30.7 Å². The lowest BCUT2D eigenvalue weighted by Gasteiger charge is -2.26. The molecule has 0 radical (unpaired) electrons. The van der Waals surface area contributed by atoms with Crippen molar-refractivity contribution in [2.24, 2.45) is 0 Å². The monoisotopic (exact) mass is 505 g/mol. The van der Waals surface area contributed by atoms with E-state index >= 15 is 0 Å². The van der Waals surface area contributed by atoms with Crippen molar-refractivity contribution in [3.8, 4) is 11.5 Å². The number of benzene rings is 3. The van der Waals surface area contributed by atoms with E-state index in [4.69, 9.17) is 13.9 Å². The molecule has 33 heavy (non-hydrogen) atoms. The van der Waals surface area contributed by atoms with E-state index in [1.165, 1.54) is 0 Å². The fraction of sp³-hybridized carbons (Fsp3) is 0.154. The highest BCUT2D eigenvalue weighted by Gasteiger charge is 2.44. The number of ether oxygens (including phenoxy) is 2. The van der Waals surface area contributed by atoms with Crippen molar-refractivity contribution in [2.45, 2.75) is 13.0 Å². The zero-order chi connectivity index (χ0) is 23.1. The lowest BCUT2D eigenvalue weighted by molar-refractivity contribution is 0.0971. The number of halogens is 1. The zero-order valence-corrected chi connectivity index (χ0v) is 19.6. The second-order valence-corrected chi connectivity index (χ2v) is 8.49. The highest BCUT2D eigenvalue weighted by molar-refractivity contribution is 9.10. The van der Waals surface area contributed by atoms with Crippen molar-refractivity contribution in [3.05, 3.63) is 98.3 Å². The maximum atomic E-state index is 13.6. The van der Waals surface area contributed by atoms with E-state index in [-0.39, 0.29) is 17.1 Å². The fourth-order valence-electron chi connectivity index (χ4n) is 4.26. The SMILES string of the molecule is CCOc1ccc(C2c3c(oc4ccccc4c3=O)C(=O)N2c2cccc(Br)c2)cc1OC. The van der Waals surface area contributed by atoms with Gasteiger partial charge < -0.3 is 13.9 Å². The summed E-state index contributed by atoms with van der Waals surface area (Å²) in [6.07, 6.45) is 0. The summed E-state index contributed by atoms with van der Waals surface area (Å²) in [7, 11) is 1.56. The summed E-state index contributed by atoms with van der Waals surface area (Å²) in [5.41, 5.74) is 1.82. The van der Waals surface area contributed by atoms with Crippen molar-refractivity contribution in [2.75, 3.05) is 18.6 Å². The van der Waals surface area contributed by atoms with Gasteiger partial charge in [-0.3, -0.25) is 14.5 Å². The Labute approximate surface area is 198 Å². The predicted molar refractivity (Wildman–Crippen MR) is 129 cm³/mol. The molecule has 0 aliphatic carbocycles. The first-order valence-corrected chi connectivity index (χ1v) is 11.3. The molecule has 0 N–H and O–H groups in total. The van der Waals surface area contributed by atoms with Gasteiger partial charge in [0.25, 0.3) is 5.91 Å². The Bertz CT molecular complexity index is 1440. The van der Waals surface area contributed by atoms with Crippen molar-refractivity contribution < 1.29 is 18.7 Å². The van der Waals surface area contributed by atoms with Crippen molar-refractivity contribution in [1.82, 2.24) is 0 Å². The summed E-state index contributed by atoms with van der Waals surface area (Å²) in [5, 5.41) is 0.433. The Kier molecular flexibility index (Phi) is 5.42. The number of nitrogens with zero attached hydrogens (tertiary/aromatic N) is 1. The highest BCUT2D eigenvalue weighted by Crippen LogP contribution is 2.43. The minimum absolute atomic E-state index is 0.0523. The van der Waals surface area contributed by atoms with Crippen LogP contribution in [0, 0.1) is 0 Å². The third kappa shape index (κ3) is 3.49. The molecule has 166 valence electrons. The molecule has 1 aliphatic heterocycles. The number of carbonyl (C=O) groups excluding carboxylic acids is 1. The van der Waals surface area contributed by atoms with E-state index in [0.717, 1.165) is 4.47 Å². The number of methoxy groups -OCH3 is 1. The van der Waals surface area contributed by atoms with E-state index in [1.807, 2.05) is 37.3 Å².